The fraction of sp³-hybridized carbons (Fsp3) is 0.857. The Morgan fingerprint density at radius 3 is 2.20 bits per heavy atom. The van der Waals surface area contributed by atoms with E-state index in [4.69, 9.17) is 0 Å². The molecule has 0 aromatic carbocycles. The van der Waals surface area contributed by atoms with Crippen LogP contribution in [0.1, 0.15) is 33.1 Å². The maximum absolute atomic E-state index is 10.9. The molecule has 0 spiro atoms. The van der Waals surface area contributed by atoms with E-state index in [9.17, 15) is 8.42 Å². The Kier molecular flexibility index (Phi) is 4.69. The van der Waals surface area contributed by atoms with Crippen LogP contribution in [0.15, 0.2) is 0 Å². The molecule has 0 aliphatic heterocycles. The molecule has 0 rings (SSSR count). The molecule has 0 N–H and O–H groups in total. The molecule has 10 heavy (non-hydrogen) atoms. The third kappa shape index (κ3) is 4.79. The molecule has 0 unspecified atom stereocenters. The molecule has 0 saturated carbocycles. The zero-order valence-electron chi connectivity index (χ0n) is 6.63. The van der Waals surface area contributed by atoms with Gasteiger partial charge in [-0.25, -0.2) is 8.42 Å². The van der Waals surface area contributed by atoms with Gasteiger partial charge in [-0.15, -0.1) is 0 Å². The van der Waals surface area contributed by atoms with Crippen molar-refractivity contribution < 1.29 is 8.42 Å². The Bertz CT molecular complexity index is 158. The molecule has 0 bridgehead atoms. The molecular weight excluding hydrogens is 148 g/mol. The molecular formula is C7H15O2S. The third-order valence-corrected chi connectivity index (χ3v) is 2.87. The predicted octanol–water partition coefficient (Wildman–Crippen LogP) is 1.77. The number of rotatable bonds is 5. The normalized spacial score (nSPS) is 11.8. The van der Waals surface area contributed by atoms with Crippen LogP contribution < -0.4 is 0 Å². The molecule has 0 heterocycles. The SMILES string of the molecule is CCC[CH]S(=O)(=O)CCC. The topological polar surface area (TPSA) is 34.1 Å². The summed E-state index contributed by atoms with van der Waals surface area (Å²) in [5.74, 6) is 1.73. The average molecular weight is 163 g/mol. The summed E-state index contributed by atoms with van der Waals surface area (Å²) in [5, 5.41) is 0. The van der Waals surface area contributed by atoms with E-state index < -0.39 is 9.84 Å². The summed E-state index contributed by atoms with van der Waals surface area (Å²) >= 11 is 0. The van der Waals surface area contributed by atoms with Gasteiger partial charge in [0.05, 0.1) is 11.5 Å². The van der Waals surface area contributed by atoms with Gasteiger partial charge in [0.25, 0.3) is 0 Å². The second kappa shape index (κ2) is 4.72. The van der Waals surface area contributed by atoms with Crippen molar-refractivity contribution in [1.82, 2.24) is 0 Å². The van der Waals surface area contributed by atoms with Crippen LogP contribution in [0.2, 0.25) is 0 Å². The van der Waals surface area contributed by atoms with Gasteiger partial charge >= 0.3 is 0 Å². The summed E-state index contributed by atoms with van der Waals surface area (Å²) < 4.78 is 21.9. The van der Waals surface area contributed by atoms with Crippen LogP contribution in [-0.4, -0.2) is 14.2 Å². The molecule has 0 amide bonds. The van der Waals surface area contributed by atoms with Crippen LogP contribution >= 0.6 is 0 Å². The number of hydrogen-bond acceptors (Lipinski definition) is 2. The summed E-state index contributed by atoms with van der Waals surface area (Å²) in [4.78, 5) is 0. The first-order chi connectivity index (χ1) is 4.62. The van der Waals surface area contributed by atoms with Crippen LogP contribution in [0, 0.1) is 5.75 Å². The van der Waals surface area contributed by atoms with Crippen molar-refractivity contribution in [3.63, 3.8) is 0 Å². The van der Waals surface area contributed by atoms with E-state index in [0.29, 0.717) is 18.6 Å². The highest BCUT2D eigenvalue weighted by molar-refractivity contribution is 7.93. The lowest BCUT2D eigenvalue weighted by atomic mass is 10.4. The van der Waals surface area contributed by atoms with E-state index in [2.05, 4.69) is 0 Å². The Morgan fingerprint density at radius 1 is 1.20 bits per heavy atom. The zero-order chi connectivity index (χ0) is 8.04. The molecule has 0 aliphatic carbocycles. The lowest BCUT2D eigenvalue weighted by Crippen LogP contribution is -2.04. The van der Waals surface area contributed by atoms with E-state index in [1.54, 1.807) is 0 Å². The van der Waals surface area contributed by atoms with Gasteiger partial charge in [0.1, 0.15) is 0 Å². The third-order valence-electron chi connectivity index (χ3n) is 1.15. The van der Waals surface area contributed by atoms with Gasteiger partial charge in [0.15, 0.2) is 9.84 Å². The van der Waals surface area contributed by atoms with Gasteiger partial charge in [-0.05, 0) is 12.8 Å². The highest BCUT2D eigenvalue weighted by atomic mass is 32.2. The first-order valence-corrected chi connectivity index (χ1v) is 5.40. The smallest absolute Gasteiger partial charge is 0.154 e. The Labute approximate surface area is 63.6 Å². The number of hydrogen-bond donors (Lipinski definition) is 0. The summed E-state index contributed by atoms with van der Waals surface area (Å²) in [7, 11) is -2.82. The molecule has 0 aromatic heterocycles. The summed E-state index contributed by atoms with van der Waals surface area (Å²) in [6.07, 6.45) is 2.30. The van der Waals surface area contributed by atoms with E-state index in [-0.39, 0.29) is 0 Å². The molecule has 2 nitrogen and oxygen atoms in total. The van der Waals surface area contributed by atoms with Gasteiger partial charge in [0, 0.05) is 0 Å². The minimum absolute atomic E-state index is 0.299. The standard InChI is InChI=1S/C7H15O2S/c1-3-5-7-10(8,9)6-4-2/h7H,3-6H2,1-2H3. The molecule has 0 atom stereocenters. The lowest BCUT2D eigenvalue weighted by Gasteiger charge is -1.98. The van der Waals surface area contributed by atoms with Crippen LogP contribution in [0.25, 0.3) is 0 Å². The molecule has 0 fully saturated rings. The van der Waals surface area contributed by atoms with Gasteiger partial charge < -0.3 is 0 Å². The van der Waals surface area contributed by atoms with Gasteiger partial charge in [-0.2, -0.15) is 0 Å². The minimum atomic E-state index is -2.82. The summed E-state index contributed by atoms with van der Waals surface area (Å²) in [5.41, 5.74) is 0. The first-order valence-electron chi connectivity index (χ1n) is 3.68. The molecule has 3 heteroatoms. The Morgan fingerprint density at radius 2 is 1.80 bits per heavy atom. The van der Waals surface area contributed by atoms with Gasteiger partial charge in [0.2, 0.25) is 0 Å². The number of unbranched alkanes of at least 4 members (excludes halogenated alkanes) is 1. The fourth-order valence-electron chi connectivity index (χ4n) is 0.665. The van der Waals surface area contributed by atoms with Crippen LogP contribution in [0.3, 0.4) is 0 Å². The van der Waals surface area contributed by atoms with E-state index in [1.807, 2.05) is 13.8 Å². The van der Waals surface area contributed by atoms with Crippen LogP contribution in [-0.2, 0) is 9.84 Å². The van der Waals surface area contributed by atoms with Crippen LogP contribution in [0.5, 0.6) is 0 Å². The van der Waals surface area contributed by atoms with Gasteiger partial charge in [-0.3, -0.25) is 0 Å². The van der Waals surface area contributed by atoms with Crippen molar-refractivity contribution in [3.8, 4) is 0 Å². The second-order valence-electron chi connectivity index (χ2n) is 2.32. The van der Waals surface area contributed by atoms with Crippen molar-refractivity contribution in [2.24, 2.45) is 0 Å². The molecule has 1 radical (unpaired) electrons. The van der Waals surface area contributed by atoms with Crippen molar-refractivity contribution in [2.45, 2.75) is 33.1 Å². The quantitative estimate of drug-likeness (QED) is 0.619. The highest BCUT2D eigenvalue weighted by Gasteiger charge is 2.07. The summed E-state index contributed by atoms with van der Waals surface area (Å²) in [6, 6.07) is 0. The molecule has 0 saturated heterocycles. The van der Waals surface area contributed by atoms with Crippen molar-refractivity contribution in [3.05, 3.63) is 5.75 Å². The predicted molar refractivity (Wildman–Crippen MR) is 43.3 cm³/mol. The van der Waals surface area contributed by atoms with E-state index >= 15 is 0 Å². The van der Waals surface area contributed by atoms with Crippen molar-refractivity contribution >= 4 is 9.84 Å². The Hall–Kier alpha value is -0.0500. The minimum Gasteiger partial charge on any atom is -0.229 e. The maximum Gasteiger partial charge on any atom is 0.154 e. The van der Waals surface area contributed by atoms with Crippen molar-refractivity contribution in [1.29, 1.82) is 0 Å². The van der Waals surface area contributed by atoms with Gasteiger partial charge in [-0.1, -0.05) is 20.3 Å². The molecule has 61 valence electrons. The fourth-order valence-corrected chi connectivity index (χ4v) is 2.00. The lowest BCUT2D eigenvalue weighted by molar-refractivity contribution is 0.597. The Balaban J connectivity index is 3.65. The zero-order valence-corrected chi connectivity index (χ0v) is 7.45. The monoisotopic (exact) mass is 163 g/mol. The van der Waals surface area contributed by atoms with E-state index in [1.165, 1.54) is 5.75 Å². The average Bonchev–Trinajstić information content (AvgIpc) is 1.84. The molecule has 0 aliphatic rings. The summed E-state index contributed by atoms with van der Waals surface area (Å²) in [6.45, 7) is 3.84. The number of sulfone groups is 1. The highest BCUT2D eigenvalue weighted by Crippen LogP contribution is 2.03. The molecule has 0 aromatic rings. The van der Waals surface area contributed by atoms with Crippen LogP contribution in [0.4, 0.5) is 0 Å². The largest absolute Gasteiger partial charge is 0.229 e. The first kappa shape index (κ1) is 9.95. The maximum atomic E-state index is 10.9. The second-order valence-corrected chi connectivity index (χ2v) is 4.39. The van der Waals surface area contributed by atoms with E-state index in [0.717, 1.165) is 6.42 Å². The van der Waals surface area contributed by atoms with Crippen molar-refractivity contribution in [2.75, 3.05) is 5.75 Å².